The molecular weight excluding hydrogens is 320 g/mol. The largest absolute Gasteiger partial charge is 0.393 e. The number of hydrogen-bond acceptors (Lipinski definition) is 2. The van der Waals surface area contributed by atoms with Crippen LogP contribution in [0.25, 0.3) is 0 Å². The van der Waals surface area contributed by atoms with Crippen molar-refractivity contribution in [3.05, 3.63) is 0 Å². The first kappa shape index (κ1) is 17.3. The molecule has 0 aromatic carbocycles. The normalized spacial score (nSPS) is 53.8. The number of aliphatic hydroxyl groups excluding tert-OH is 1. The van der Waals surface area contributed by atoms with Crippen molar-refractivity contribution >= 4 is 17.4 Å². The van der Waals surface area contributed by atoms with Gasteiger partial charge in [0.25, 0.3) is 0 Å². The molecule has 4 fully saturated rings. The summed E-state index contributed by atoms with van der Waals surface area (Å²) in [5.74, 6) is 3.74. The number of halogens is 1. The molecule has 0 amide bonds. The maximum atomic E-state index is 12.4. The van der Waals surface area contributed by atoms with E-state index in [2.05, 4.69) is 13.8 Å². The average molecular weight is 353 g/mol. The minimum Gasteiger partial charge on any atom is -0.393 e. The topological polar surface area (TPSA) is 37.3 Å². The molecule has 0 radical (unpaired) electrons. The molecule has 136 valence electrons. The van der Waals surface area contributed by atoms with Gasteiger partial charge >= 0.3 is 0 Å². The molecule has 4 aliphatic carbocycles. The van der Waals surface area contributed by atoms with Crippen molar-refractivity contribution in [1.29, 1.82) is 0 Å². The number of carbonyl (C=O) groups excluding carboxylic acids is 1. The summed E-state index contributed by atoms with van der Waals surface area (Å²) < 4.78 is 0. The fourth-order valence-corrected chi connectivity index (χ4v) is 8.04. The molecule has 8 atom stereocenters. The number of fused-ring (bicyclic) bond motifs is 5. The first-order chi connectivity index (χ1) is 11.4. The van der Waals surface area contributed by atoms with E-state index in [1.807, 2.05) is 0 Å². The minimum absolute atomic E-state index is 0.0642. The van der Waals surface area contributed by atoms with E-state index in [0.717, 1.165) is 37.0 Å². The molecule has 0 aromatic rings. The summed E-state index contributed by atoms with van der Waals surface area (Å²) in [6.45, 7) is 4.93. The molecule has 2 unspecified atom stereocenters. The Morgan fingerprint density at radius 1 is 1.00 bits per heavy atom. The van der Waals surface area contributed by atoms with E-state index in [4.69, 9.17) is 11.6 Å². The molecule has 4 aliphatic rings. The van der Waals surface area contributed by atoms with Crippen LogP contribution in [0, 0.1) is 40.4 Å². The van der Waals surface area contributed by atoms with Crippen LogP contribution in [0.15, 0.2) is 0 Å². The molecule has 3 heteroatoms. The zero-order valence-corrected chi connectivity index (χ0v) is 16.0. The van der Waals surface area contributed by atoms with E-state index < -0.39 is 0 Å². The fourth-order valence-electron chi connectivity index (χ4n) is 7.86. The molecule has 0 spiro atoms. The van der Waals surface area contributed by atoms with Crippen LogP contribution in [-0.2, 0) is 4.79 Å². The van der Waals surface area contributed by atoms with Gasteiger partial charge in [0, 0.05) is 5.92 Å². The van der Waals surface area contributed by atoms with Gasteiger partial charge in [-0.05, 0) is 92.3 Å². The Kier molecular flexibility index (Phi) is 4.32. The molecule has 4 saturated carbocycles. The molecule has 0 bridgehead atoms. The Morgan fingerprint density at radius 2 is 1.71 bits per heavy atom. The van der Waals surface area contributed by atoms with Crippen LogP contribution in [0.4, 0.5) is 0 Å². The third-order valence-corrected chi connectivity index (χ3v) is 9.42. The Labute approximate surface area is 151 Å². The van der Waals surface area contributed by atoms with E-state index in [-0.39, 0.29) is 23.3 Å². The number of rotatable bonds is 2. The van der Waals surface area contributed by atoms with Gasteiger partial charge in [-0.1, -0.05) is 13.8 Å². The number of aliphatic hydroxyl groups is 1. The van der Waals surface area contributed by atoms with Gasteiger partial charge in [-0.3, -0.25) is 4.79 Å². The highest BCUT2D eigenvalue weighted by Gasteiger charge is 2.60. The molecule has 4 rings (SSSR count). The Morgan fingerprint density at radius 3 is 2.46 bits per heavy atom. The van der Waals surface area contributed by atoms with Gasteiger partial charge in [0.2, 0.25) is 0 Å². The average Bonchev–Trinajstić information content (AvgIpc) is 2.92. The Balaban J connectivity index is 1.60. The molecule has 0 aliphatic heterocycles. The summed E-state index contributed by atoms with van der Waals surface area (Å²) in [6.07, 6.45) is 10.5. The van der Waals surface area contributed by atoms with Crippen molar-refractivity contribution in [3.8, 4) is 0 Å². The second-order valence-electron chi connectivity index (χ2n) is 9.86. The SMILES string of the molecule is C[C@]12CC[C@H]3[C@@H](CCC4CC(O)CC[C@@]43C)[C@@H]1CC[C@@H]2C(=O)CCl. The van der Waals surface area contributed by atoms with Crippen LogP contribution < -0.4 is 0 Å². The number of Topliss-reactive ketones (excluding diaryl/α,β-unsaturated/α-hetero) is 1. The molecule has 0 saturated heterocycles. The van der Waals surface area contributed by atoms with E-state index in [1.165, 1.54) is 38.5 Å². The van der Waals surface area contributed by atoms with Crippen LogP contribution in [0.5, 0.6) is 0 Å². The van der Waals surface area contributed by atoms with Crippen LogP contribution in [-0.4, -0.2) is 22.9 Å². The summed E-state index contributed by atoms with van der Waals surface area (Å²) in [7, 11) is 0. The quantitative estimate of drug-likeness (QED) is 0.724. The molecule has 0 aromatic heterocycles. The number of alkyl halides is 1. The lowest BCUT2D eigenvalue weighted by Crippen LogP contribution is -2.54. The molecular formula is C21H33ClO2. The van der Waals surface area contributed by atoms with Gasteiger partial charge in [-0.25, -0.2) is 0 Å². The molecule has 0 heterocycles. The van der Waals surface area contributed by atoms with Crippen LogP contribution >= 0.6 is 11.6 Å². The lowest BCUT2D eigenvalue weighted by molar-refractivity contribution is -0.138. The molecule has 2 nitrogen and oxygen atoms in total. The smallest absolute Gasteiger partial charge is 0.151 e. The first-order valence-electron chi connectivity index (χ1n) is 10.2. The van der Waals surface area contributed by atoms with E-state index >= 15 is 0 Å². The van der Waals surface area contributed by atoms with Crippen molar-refractivity contribution in [1.82, 2.24) is 0 Å². The van der Waals surface area contributed by atoms with E-state index in [1.54, 1.807) is 0 Å². The van der Waals surface area contributed by atoms with Crippen molar-refractivity contribution < 1.29 is 9.90 Å². The summed E-state index contributed by atoms with van der Waals surface area (Å²) in [4.78, 5) is 12.4. The highest BCUT2D eigenvalue weighted by atomic mass is 35.5. The standard InChI is InChI=1S/C21H33ClO2/c1-20-9-7-14(23)11-13(20)3-4-15-16-5-6-18(19(24)12-22)21(16,2)10-8-17(15)20/h13-18,23H,3-12H2,1-2H3/t13?,14?,15-,16-,17-,18+,20-,21-/m0/s1. The highest BCUT2D eigenvalue weighted by molar-refractivity contribution is 6.28. The second kappa shape index (κ2) is 5.98. The summed E-state index contributed by atoms with van der Waals surface area (Å²) in [5, 5.41) is 10.1. The summed E-state index contributed by atoms with van der Waals surface area (Å²) in [5.41, 5.74) is 0.628. The Bertz CT molecular complexity index is 520. The number of ketones is 1. The van der Waals surface area contributed by atoms with Gasteiger partial charge in [0.15, 0.2) is 5.78 Å². The van der Waals surface area contributed by atoms with Gasteiger partial charge in [-0.15, -0.1) is 11.6 Å². The predicted molar refractivity (Wildman–Crippen MR) is 97.0 cm³/mol. The monoisotopic (exact) mass is 352 g/mol. The first-order valence-corrected chi connectivity index (χ1v) is 10.7. The fraction of sp³-hybridized carbons (Fsp3) is 0.952. The third kappa shape index (κ3) is 2.35. The minimum atomic E-state index is -0.0642. The maximum Gasteiger partial charge on any atom is 0.151 e. The van der Waals surface area contributed by atoms with Crippen molar-refractivity contribution in [3.63, 3.8) is 0 Å². The lowest BCUT2D eigenvalue weighted by Gasteiger charge is -2.60. The molecule has 24 heavy (non-hydrogen) atoms. The van der Waals surface area contributed by atoms with Crippen molar-refractivity contribution in [2.75, 3.05) is 5.88 Å². The lowest BCUT2D eigenvalue weighted by atomic mass is 9.44. The number of carbonyl (C=O) groups is 1. The summed E-state index contributed by atoms with van der Waals surface area (Å²) >= 11 is 5.92. The van der Waals surface area contributed by atoms with Gasteiger partial charge in [0.05, 0.1) is 12.0 Å². The summed E-state index contributed by atoms with van der Waals surface area (Å²) in [6, 6.07) is 0. The maximum absolute atomic E-state index is 12.4. The van der Waals surface area contributed by atoms with Gasteiger partial charge in [0.1, 0.15) is 0 Å². The predicted octanol–water partition coefficient (Wildman–Crippen LogP) is 4.81. The third-order valence-electron chi connectivity index (χ3n) is 9.16. The zero-order valence-electron chi connectivity index (χ0n) is 15.3. The van der Waals surface area contributed by atoms with Crippen molar-refractivity contribution in [2.24, 2.45) is 40.4 Å². The highest BCUT2D eigenvalue weighted by Crippen LogP contribution is 2.67. The van der Waals surface area contributed by atoms with Gasteiger partial charge in [-0.2, -0.15) is 0 Å². The van der Waals surface area contributed by atoms with Crippen LogP contribution in [0.3, 0.4) is 0 Å². The van der Waals surface area contributed by atoms with Crippen LogP contribution in [0.2, 0.25) is 0 Å². The Hall–Kier alpha value is -0.0800. The van der Waals surface area contributed by atoms with Crippen molar-refractivity contribution in [2.45, 2.75) is 77.7 Å². The van der Waals surface area contributed by atoms with Crippen LogP contribution in [0.1, 0.15) is 71.6 Å². The second-order valence-corrected chi connectivity index (χ2v) is 10.1. The van der Waals surface area contributed by atoms with Gasteiger partial charge < -0.3 is 5.11 Å². The number of hydrogen-bond donors (Lipinski definition) is 1. The van der Waals surface area contributed by atoms with E-state index in [0.29, 0.717) is 17.1 Å². The van der Waals surface area contributed by atoms with E-state index in [9.17, 15) is 9.90 Å². The zero-order chi connectivity index (χ0) is 17.1. The molecule has 1 N–H and O–H groups in total.